The number of carbonyl (C=O) groups is 1. The number of benzene rings is 2. The molecule has 0 aromatic heterocycles. The van der Waals surface area contributed by atoms with Gasteiger partial charge in [0.25, 0.3) is 0 Å². The van der Waals surface area contributed by atoms with Gasteiger partial charge < -0.3 is 4.90 Å². The molecule has 0 spiro atoms. The molecule has 0 fully saturated rings. The molecule has 0 saturated heterocycles. The van der Waals surface area contributed by atoms with Crippen molar-refractivity contribution in [3.63, 3.8) is 0 Å². The lowest BCUT2D eigenvalue weighted by Gasteiger charge is -2.21. The van der Waals surface area contributed by atoms with Crippen LogP contribution in [0.5, 0.6) is 0 Å². The predicted molar refractivity (Wildman–Crippen MR) is 82.6 cm³/mol. The van der Waals surface area contributed by atoms with Gasteiger partial charge in [-0.3, -0.25) is 4.79 Å². The van der Waals surface area contributed by atoms with Crippen LogP contribution in [0.15, 0.2) is 60.7 Å². The van der Waals surface area contributed by atoms with Crippen LogP contribution in [0.1, 0.15) is 18.1 Å². The molecule has 0 aliphatic carbocycles. The number of fused-ring (bicyclic) bond motifs is 1. The molecule has 2 heteroatoms. The first kappa shape index (κ1) is 12.7. The highest BCUT2D eigenvalue weighted by molar-refractivity contribution is 5.95. The molecule has 20 heavy (non-hydrogen) atoms. The third kappa shape index (κ3) is 2.37. The summed E-state index contributed by atoms with van der Waals surface area (Å²) in [4.78, 5) is 13.8. The lowest BCUT2D eigenvalue weighted by atomic mass is 10.1. The minimum absolute atomic E-state index is 0.0951. The van der Waals surface area contributed by atoms with Crippen molar-refractivity contribution in [2.45, 2.75) is 19.4 Å². The van der Waals surface area contributed by atoms with Crippen molar-refractivity contribution < 1.29 is 4.79 Å². The molecule has 0 radical (unpaired) electrons. The van der Waals surface area contributed by atoms with Crippen molar-refractivity contribution in [3.05, 3.63) is 71.8 Å². The van der Waals surface area contributed by atoms with E-state index in [0.29, 0.717) is 0 Å². The van der Waals surface area contributed by atoms with Gasteiger partial charge in [0.1, 0.15) is 0 Å². The first-order valence-corrected chi connectivity index (χ1v) is 6.86. The minimum atomic E-state index is 0.0951. The standard InChI is InChI=1S/C18H17NO/c1-14(20)19-17(12-11-15-7-3-2-4-8-15)13-16-9-5-6-10-18(16)19/h2-12,17H,13H2,1H3/b12-11+/t17-/m1/s1. The SMILES string of the molecule is CC(=O)N1c2ccccc2C[C@H]1/C=C/c1ccccc1. The Balaban J connectivity index is 1.88. The van der Waals surface area contributed by atoms with Crippen molar-refractivity contribution in [1.82, 2.24) is 0 Å². The molecule has 0 unspecified atom stereocenters. The van der Waals surface area contributed by atoms with Gasteiger partial charge in [-0.15, -0.1) is 0 Å². The van der Waals surface area contributed by atoms with Crippen LogP contribution in [0.2, 0.25) is 0 Å². The van der Waals surface area contributed by atoms with Crippen LogP contribution in [0.25, 0.3) is 6.08 Å². The van der Waals surface area contributed by atoms with E-state index in [1.54, 1.807) is 6.92 Å². The summed E-state index contributed by atoms with van der Waals surface area (Å²) < 4.78 is 0. The molecule has 1 aliphatic rings. The molecule has 2 aromatic rings. The molecule has 0 bridgehead atoms. The largest absolute Gasteiger partial charge is 0.305 e. The number of amides is 1. The van der Waals surface area contributed by atoms with Gasteiger partial charge in [0.2, 0.25) is 5.91 Å². The average molecular weight is 263 g/mol. The lowest BCUT2D eigenvalue weighted by Crippen LogP contribution is -2.34. The molecule has 1 heterocycles. The van der Waals surface area contributed by atoms with E-state index in [1.165, 1.54) is 5.56 Å². The Hall–Kier alpha value is -2.35. The third-order valence-corrected chi connectivity index (χ3v) is 3.66. The zero-order valence-corrected chi connectivity index (χ0v) is 11.5. The Bertz CT molecular complexity index is 645. The molecular weight excluding hydrogens is 246 g/mol. The molecule has 0 N–H and O–H groups in total. The summed E-state index contributed by atoms with van der Waals surface area (Å²) in [6.45, 7) is 1.63. The van der Waals surface area contributed by atoms with Gasteiger partial charge >= 0.3 is 0 Å². The molecule has 3 rings (SSSR count). The van der Waals surface area contributed by atoms with E-state index in [4.69, 9.17) is 0 Å². The molecule has 1 atom stereocenters. The number of carbonyl (C=O) groups excluding carboxylic acids is 1. The van der Waals surface area contributed by atoms with Crippen molar-refractivity contribution in [1.29, 1.82) is 0 Å². The van der Waals surface area contributed by atoms with E-state index in [1.807, 2.05) is 41.3 Å². The number of hydrogen-bond acceptors (Lipinski definition) is 1. The first-order chi connectivity index (χ1) is 9.75. The second kappa shape index (κ2) is 5.33. The average Bonchev–Trinajstić information content (AvgIpc) is 2.84. The van der Waals surface area contributed by atoms with Crippen LogP contribution in [0.3, 0.4) is 0 Å². The predicted octanol–water partition coefficient (Wildman–Crippen LogP) is 3.68. The number of nitrogens with zero attached hydrogens (tertiary/aromatic N) is 1. The van der Waals surface area contributed by atoms with Crippen LogP contribution >= 0.6 is 0 Å². The summed E-state index contributed by atoms with van der Waals surface area (Å²) in [5.74, 6) is 0.0951. The van der Waals surface area contributed by atoms with E-state index in [2.05, 4.69) is 30.4 Å². The number of rotatable bonds is 2. The topological polar surface area (TPSA) is 20.3 Å². The maximum atomic E-state index is 11.9. The Morgan fingerprint density at radius 3 is 2.55 bits per heavy atom. The van der Waals surface area contributed by atoms with E-state index in [0.717, 1.165) is 17.7 Å². The minimum Gasteiger partial charge on any atom is -0.305 e. The van der Waals surface area contributed by atoms with Gasteiger partial charge in [0.15, 0.2) is 0 Å². The number of hydrogen-bond donors (Lipinski definition) is 0. The highest BCUT2D eigenvalue weighted by Gasteiger charge is 2.29. The smallest absolute Gasteiger partial charge is 0.224 e. The van der Waals surface area contributed by atoms with Gasteiger partial charge in [-0.1, -0.05) is 60.7 Å². The van der Waals surface area contributed by atoms with Gasteiger partial charge in [-0.05, 0) is 23.6 Å². The van der Waals surface area contributed by atoms with Gasteiger partial charge in [-0.25, -0.2) is 0 Å². The maximum absolute atomic E-state index is 11.9. The molecule has 2 nitrogen and oxygen atoms in total. The molecular formula is C18H17NO. The van der Waals surface area contributed by atoms with Gasteiger partial charge in [0.05, 0.1) is 6.04 Å². The normalized spacial score (nSPS) is 17.4. The first-order valence-electron chi connectivity index (χ1n) is 6.86. The summed E-state index contributed by atoms with van der Waals surface area (Å²) in [7, 11) is 0. The van der Waals surface area contributed by atoms with E-state index in [9.17, 15) is 4.79 Å². The van der Waals surface area contributed by atoms with Crippen LogP contribution in [0, 0.1) is 0 Å². The zero-order valence-electron chi connectivity index (χ0n) is 11.5. The monoisotopic (exact) mass is 263 g/mol. The summed E-state index contributed by atoms with van der Waals surface area (Å²) >= 11 is 0. The van der Waals surface area contributed by atoms with Crippen LogP contribution in [0.4, 0.5) is 5.69 Å². The van der Waals surface area contributed by atoms with E-state index in [-0.39, 0.29) is 11.9 Å². The zero-order chi connectivity index (χ0) is 13.9. The van der Waals surface area contributed by atoms with E-state index >= 15 is 0 Å². The Labute approximate surface area is 119 Å². The van der Waals surface area contributed by atoms with Gasteiger partial charge in [-0.2, -0.15) is 0 Å². The van der Waals surface area contributed by atoms with Gasteiger partial charge in [0, 0.05) is 12.6 Å². The van der Waals surface area contributed by atoms with Crippen LogP contribution in [-0.2, 0) is 11.2 Å². The summed E-state index contributed by atoms with van der Waals surface area (Å²) in [5.41, 5.74) is 3.44. The fourth-order valence-electron chi connectivity index (χ4n) is 2.76. The number of anilines is 1. The lowest BCUT2D eigenvalue weighted by molar-refractivity contribution is -0.116. The fourth-order valence-corrected chi connectivity index (χ4v) is 2.76. The van der Waals surface area contributed by atoms with Crippen molar-refractivity contribution in [2.75, 3.05) is 4.90 Å². The molecule has 1 amide bonds. The highest BCUT2D eigenvalue weighted by Crippen LogP contribution is 2.32. The maximum Gasteiger partial charge on any atom is 0.224 e. The van der Waals surface area contributed by atoms with Crippen molar-refractivity contribution in [2.24, 2.45) is 0 Å². The molecule has 1 aliphatic heterocycles. The molecule has 100 valence electrons. The van der Waals surface area contributed by atoms with Crippen LogP contribution < -0.4 is 4.90 Å². The Kier molecular flexibility index (Phi) is 3.38. The second-order valence-electron chi connectivity index (χ2n) is 5.06. The summed E-state index contributed by atoms with van der Waals surface area (Å²) in [6.07, 6.45) is 5.10. The molecule has 2 aromatic carbocycles. The molecule has 0 saturated carbocycles. The van der Waals surface area contributed by atoms with Crippen molar-refractivity contribution >= 4 is 17.7 Å². The van der Waals surface area contributed by atoms with Crippen molar-refractivity contribution in [3.8, 4) is 0 Å². The quantitative estimate of drug-likeness (QED) is 0.809. The summed E-state index contributed by atoms with van der Waals surface area (Å²) in [5, 5.41) is 0. The third-order valence-electron chi connectivity index (χ3n) is 3.66. The Morgan fingerprint density at radius 1 is 1.10 bits per heavy atom. The van der Waals surface area contributed by atoms with Crippen LogP contribution in [-0.4, -0.2) is 11.9 Å². The Morgan fingerprint density at radius 2 is 1.80 bits per heavy atom. The highest BCUT2D eigenvalue weighted by atomic mass is 16.2. The summed E-state index contributed by atoms with van der Waals surface area (Å²) in [6, 6.07) is 18.4. The second-order valence-corrected chi connectivity index (χ2v) is 5.06. The number of para-hydroxylation sites is 1. The fraction of sp³-hybridized carbons (Fsp3) is 0.167. The van der Waals surface area contributed by atoms with E-state index < -0.39 is 0 Å².